The number of hydrogen-bond acceptors (Lipinski definition) is 4. The van der Waals surface area contributed by atoms with Crippen LogP contribution < -0.4 is 5.32 Å². The molecule has 0 saturated heterocycles. The SMILES string of the molecule is O=S(=O)(O)CCCSC(=S)Nc1cccc2ccccc12. The molecule has 0 unspecified atom stereocenters. The van der Waals surface area contributed by atoms with E-state index in [0.29, 0.717) is 16.5 Å². The molecule has 2 aromatic carbocycles. The second-order valence-corrected chi connectivity index (χ2v) is 7.77. The summed E-state index contributed by atoms with van der Waals surface area (Å²) >= 11 is 6.61. The Labute approximate surface area is 133 Å². The molecule has 0 spiro atoms. The second-order valence-electron chi connectivity index (χ2n) is 4.43. The minimum absolute atomic E-state index is 0.239. The van der Waals surface area contributed by atoms with Gasteiger partial charge in [0.05, 0.1) is 5.75 Å². The van der Waals surface area contributed by atoms with Crippen LogP contribution in [0, 0.1) is 0 Å². The van der Waals surface area contributed by atoms with E-state index in [2.05, 4.69) is 5.32 Å². The van der Waals surface area contributed by atoms with Gasteiger partial charge in [-0.25, -0.2) is 0 Å². The molecule has 0 aliphatic carbocycles. The molecule has 2 N–H and O–H groups in total. The normalized spacial score (nSPS) is 11.5. The average Bonchev–Trinajstić information content (AvgIpc) is 2.43. The number of rotatable bonds is 5. The first-order valence-electron chi connectivity index (χ1n) is 6.32. The van der Waals surface area contributed by atoms with Crippen LogP contribution in [0.25, 0.3) is 10.8 Å². The molecule has 0 amide bonds. The first-order chi connectivity index (χ1) is 9.96. The van der Waals surface area contributed by atoms with Crippen molar-refractivity contribution >= 4 is 54.9 Å². The summed E-state index contributed by atoms with van der Waals surface area (Å²) < 4.78 is 30.5. The lowest BCUT2D eigenvalue weighted by molar-refractivity contribution is 0.482. The maximum atomic E-state index is 10.6. The summed E-state index contributed by atoms with van der Waals surface area (Å²) in [6, 6.07) is 13.9. The van der Waals surface area contributed by atoms with Crippen molar-refractivity contribution in [1.82, 2.24) is 0 Å². The molecule has 4 nitrogen and oxygen atoms in total. The average molecular weight is 341 g/mol. The fourth-order valence-corrected chi connectivity index (χ4v) is 3.59. The van der Waals surface area contributed by atoms with Gasteiger partial charge in [0.15, 0.2) is 0 Å². The number of thiocarbonyl (C=S) groups is 1. The van der Waals surface area contributed by atoms with E-state index >= 15 is 0 Å². The predicted molar refractivity (Wildman–Crippen MR) is 93.7 cm³/mol. The van der Waals surface area contributed by atoms with Crippen molar-refractivity contribution < 1.29 is 13.0 Å². The van der Waals surface area contributed by atoms with E-state index in [-0.39, 0.29) is 5.75 Å². The van der Waals surface area contributed by atoms with Crippen molar-refractivity contribution in [2.75, 3.05) is 16.8 Å². The first kappa shape index (κ1) is 16.2. The van der Waals surface area contributed by atoms with E-state index in [1.165, 1.54) is 11.8 Å². The van der Waals surface area contributed by atoms with Crippen molar-refractivity contribution in [3.05, 3.63) is 42.5 Å². The Hall–Kier alpha value is -1.15. The fourth-order valence-electron chi connectivity index (χ4n) is 1.89. The standard InChI is InChI=1S/C14H15NO3S3/c16-21(17,18)10-4-9-20-14(19)15-13-8-3-6-11-5-1-2-7-12(11)13/h1-3,5-8H,4,9-10H2,(H,15,19)(H,16,17,18). The van der Waals surface area contributed by atoms with Crippen LogP contribution in [-0.4, -0.2) is 28.8 Å². The zero-order chi connectivity index (χ0) is 15.3. The Kier molecular flexibility index (Phi) is 5.58. The number of fused-ring (bicyclic) bond motifs is 1. The van der Waals surface area contributed by atoms with Crippen LogP contribution in [0.15, 0.2) is 42.5 Å². The molecule has 112 valence electrons. The summed E-state index contributed by atoms with van der Waals surface area (Å²) in [7, 11) is -3.89. The van der Waals surface area contributed by atoms with E-state index in [9.17, 15) is 8.42 Å². The highest BCUT2D eigenvalue weighted by atomic mass is 32.2. The van der Waals surface area contributed by atoms with Gasteiger partial charge in [-0.3, -0.25) is 4.55 Å². The molecule has 0 heterocycles. The van der Waals surface area contributed by atoms with Crippen LogP contribution in [0.1, 0.15) is 6.42 Å². The topological polar surface area (TPSA) is 66.4 Å². The molecule has 2 rings (SSSR count). The molecule has 0 aliphatic heterocycles. The van der Waals surface area contributed by atoms with Gasteiger partial charge in [0.1, 0.15) is 4.32 Å². The number of anilines is 1. The molecule has 0 atom stereocenters. The zero-order valence-electron chi connectivity index (χ0n) is 11.2. The Balaban J connectivity index is 1.93. The summed E-state index contributed by atoms with van der Waals surface area (Å²) in [4.78, 5) is 0. The maximum absolute atomic E-state index is 10.6. The fraction of sp³-hybridized carbons (Fsp3) is 0.214. The van der Waals surface area contributed by atoms with Gasteiger partial charge in [-0.15, -0.1) is 0 Å². The molecule has 0 radical (unpaired) electrons. The Morgan fingerprint density at radius 2 is 1.90 bits per heavy atom. The van der Waals surface area contributed by atoms with Crippen LogP contribution in [0.3, 0.4) is 0 Å². The molecule has 0 saturated carbocycles. The summed E-state index contributed by atoms with van der Waals surface area (Å²) in [5.74, 6) is 0.299. The smallest absolute Gasteiger partial charge is 0.264 e. The molecule has 0 aromatic heterocycles. The molecule has 0 fully saturated rings. The zero-order valence-corrected chi connectivity index (χ0v) is 13.6. The quantitative estimate of drug-likeness (QED) is 0.492. The molecule has 0 bridgehead atoms. The third-order valence-electron chi connectivity index (χ3n) is 2.81. The molecule has 0 aliphatic rings. The summed E-state index contributed by atoms with van der Waals surface area (Å²) in [5, 5.41) is 5.38. The Morgan fingerprint density at radius 3 is 2.67 bits per heavy atom. The van der Waals surface area contributed by atoms with Crippen LogP contribution >= 0.6 is 24.0 Å². The van der Waals surface area contributed by atoms with E-state index < -0.39 is 10.1 Å². The highest BCUT2D eigenvalue weighted by Gasteiger charge is 2.06. The minimum atomic E-state index is -3.89. The maximum Gasteiger partial charge on any atom is 0.264 e. The van der Waals surface area contributed by atoms with Gasteiger partial charge in [0.2, 0.25) is 0 Å². The van der Waals surface area contributed by atoms with Gasteiger partial charge in [0, 0.05) is 16.8 Å². The van der Waals surface area contributed by atoms with Gasteiger partial charge in [0.25, 0.3) is 10.1 Å². The van der Waals surface area contributed by atoms with E-state index in [4.69, 9.17) is 16.8 Å². The van der Waals surface area contributed by atoms with Crippen molar-refractivity contribution in [3.8, 4) is 0 Å². The predicted octanol–water partition coefficient (Wildman–Crippen LogP) is 3.55. The lowest BCUT2D eigenvalue weighted by Crippen LogP contribution is -2.08. The number of thioether (sulfide) groups is 1. The minimum Gasteiger partial charge on any atom is -0.341 e. The first-order valence-corrected chi connectivity index (χ1v) is 9.33. The van der Waals surface area contributed by atoms with Crippen molar-refractivity contribution in [1.29, 1.82) is 0 Å². The lowest BCUT2D eigenvalue weighted by Gasteiger charge is -2.10. The number of nitrogens with one attached hydrogen (secondary N) is 1. The van der Waals surface area contributed by atoms with Crippen LogP contribution in [0.2, 0.25) is 0 Å². The number of hydrogen-bond donors (Lipinski definition) is 2. The largest absolute Gasteiger partial charge is 0.341 e. The van der Waals surface area contributed by atoms with E-state index in [1.807, 2.05) is 42.5 Å². The summed E-state index contributed by atoms with van der Waals surface area (Å²) in [5.41, 5.74) is 0.931. The van der Waals surface area contributed by atoms with E-state index in [0.717, 1.165) is 16.5 Å². The molecule has 7 heteroatoms. The van der Waals surface area contributed by atoms with Crippen molar-refractivity contribution in [2.45, 2.75) is 6.42 Å². The summed E-state index contributed by atoms with van der Waals surface area (Å²) in [6.45, 7) is 0. The Morgan fingerprint density at radius 1 is 1.19 bits per heavy atom. The molecular formula is C14H15NO3S3. The van der Waals surface area contributed by atoms with Crippen LogP contribution in [0.4, 0.5) is 5.69 Å². The van der Waals surface area contributed by atoms with Crippen LogP contribution in [0.5, 0.6) is 0 Å². The third kappa shape index (κ3) is 5.28. The molecular weight excluding hydrogens is 326 g/mol. The lowest BCUT2D eigenvalue weighted by atomic mass is 10.1. The highest BCUT2D eigenvalue weighted by molar-refractivity contribution is 8.23. The Bertz CT molecular complexity index is 739. The summed E-state index contributed by atoms with van der Waals surface area (Å²) in [6.07, 6.45) is 0.362. The van der Waals surface area contributed by atoms with Gasteiger partial charge >= 0.3 is 0 Å². The van der Waals surface area contributed by atoms with Gasteiger partial charge in [-0.2, -0.15) is 8.42 Å². The monoisotopic (exact) mass is 341 g/mol. The highest BCUT2D eigenvalue weighted by Crippen LogP contribution is 2.24. The van der Waals surface area contributed by atoms with Crippen molar-refractivity contribution in [3.63, 3.8) is 0 Å². The molecule has 21 heavy (non-hydrogen) atoms. The van der Waals surface area contributed by atoms with Gasteiger partial charge in [-0.05, 0) is 17.9 Å². The second kappa shape index (κ2) is 7.22. The molecule has 2 aromatic rings. The van der Waals surface area contributed by atoms with E-state index in [1.54, 1.807) is 0 Å². The third-order valence-corrected chi connectivity index (χ3v) is 4.92. The van der Waals surface area contributed by atoms with Crippen molar-refractivity contribution in [2.24, 2.45) is 0 Å². The number of benzene rings is 2. The van der Waals surface area contributed by atoms with Gasteiger partial charge < -0.3 is 5.32 Å². The van der Waals surface area contributed by atoms with Gasteiger partial charge in [-0.1, -0.05) is 60.4 Å². The van der Waals surface area contributed by atoms with Crippen LogP contribution in [-0.2, 0) is 10.1 Å².